The van der Waals surface area contributed by atoms with Crippen LogP contribution < -0.4 is 0 Å². The summed E-state index contributed by atoms with van der Waals surface area (Å²) in [6, 6.07) is 8.32. The van der Waals surface area contributed by atoms with Crippen molar-refractivity contribution >= 4 is 35.1 Å². The van der Waals surface area contributed by atoms with Crippen LogP contribution in [0.25, 0.3) is 0 Å². The Morgan fingerprint density at radius 1 is 1.19 bits per heavy atom. The molecule has 0 bridgehead atoms. The van der Waals surface area contributed by atoms with Crippen LogP contribution in [-0.2, 0) is 13.0 Å². The molecule has 21 heavy (non-hydrogen) atoms. The maximum atomic E-state index is 6.00. The summed E-state index contributed by atoms with van der Waals surface area (Å²) in [7, 11) is 0. The molecular weight excluding hydrogens is 320 g/mol. The van der Waals surface area contributed by atoms with E-state index in [-0.39, 0.29) is 4.08 Å². The molecule has 2 nitrogen and oxygen atoms in total. The van der Waals surface area contributed by atoms with Crippen LogP contribution in [-0.4, -0.2) is 25.1 Å². The molecular formula is C16H19ClN2S2. The summed E-state index contributed by atoms with van der Waals surface area (Å²) >= 11 is 10.3. The molecule has 1 aliphatic rings. The highest BCUT2D eigenvalue weighted by Gasteiger charge is 2.33. The van der Waals surface area contributed by atoms with E-state index in [1.54, 1.807) is 0 Å². The van der Waals surface area contributed by atoms with Gasteiger partial charge in [0.25, 0.3) is 0 Å². The number of hydrogen-bond donors (Lipinski definition) is 0. The van der Waals surface area contributed by atoms with Crippen molar-refractivity contribution in [2.75, 3.05) is 11.5 Å². The molecule has 0 unspecified atom stereocenters. The van der Waals surface area contributed by atoms with Gasteiger partial charge >= 0.3 is 0 Å². The normalized spacial score (nSPS) is 17.8. The molecule has 3 rings (SSSR count). The first-order valence-corrected chi connectivity index (χ1v) is 9.59. The zero-order valence-corrected chi connectivity index (χ0v) is 14.3. The highest BCUT2D eigenvalue weighted by Crippen LogP contribution is 2.47. The summed E-state index contributed by atoms with van der Waals surface area (Å²) < 4.78 is 2.47. The number of benzene rings is 1. The number of imidazole rings is 1. The van der Waals surface area contributed by atoms with E-state index in [1.807, 2.05) is 30.9 Å². The molecule has 1 aromatic carbocycles. The molecule has 0 radical (unpaired) electrons. The van der Waals surface area contributed by atoms with E-state index in [0.29, 0.717) is 0 Å². The molecule has 0 spiro atoms. The molecule has 0 saturated carbocycles. The predicted octanol–water partition coefficient (Wildman–Crippen LogP) is 4.74. The highest BCUT2D eigenvalue weighted by atomic mass is 35.5. The average molecular weight is 339 g/mol. The van der Waals surface area contributed by atoms with Crippen LogP contribution in [0.2, 0.25) is 5.02 Å². The summed E-state index contributed by atoms with van der Waals surface area (Å²) in [6.45, 7) is 1.04. The van der Waals surface area contributed by atoms with Gasteiger partial charge in [-0.05, 0) is 48.5 Å². The molecule has 1 saturated heterocycles. The topological polar surface area (TPSA) is 17.8 Å². The molecule has 1 aliphatic heterocycles. The summed E-state index contributed by atoms with van der Waals surface area (Å²) in [5, 5.41) is 0.815. The smallest absolute Gasteiger partial charge is 0.0945 e. The summed E-state index contributed by atoms with van der Waals surface area (Å²) in [4.78, 5) is 4.14. The number of rotatable bonds is 5. The van der Waals surface area contributed by atoms with E-state index in [2.05, 4.69) is 45.2 Å². The van der Waals surface area contributed by atoms with E-state index < -0.39 is 0 Å². The lowest BCUT2D eigenvalue weighted by atomic mass is 10.1. The summed E-state index contributed by atoms with van der Waals surface area (Å²) in [5.41, 5.74) is 1.38. The van der Waals surface area contributed by atoms with Gasteiger partial charge in [-0.25, -0.2) is 4.98 Å². The van der Waals surface area contributed by atoms with Gasteiger partial charge in [-0.1, -0.05) is 23.7 Å². The number of nitrogens with zero attached hydrogens (tertiary/aromatic N) is 2. The van der Waals surface area contributed by atoms with E-state index in [4.69, 9.17) is 11.6 Å². The average Bonchev–Trinajstić information content (AvgIpc) is 3.02. The van der Waals surface area contributed by atoms with Crippen LogP contribution in [0.4, 0.5) is 0 Å². The van der Waals surface area contributed by atoms with E-state index >= 15 is 0 Å². The molecule has 5 heteroatoms. The van der Waals surface area contributed by atoms with Crippen molar-refractivity contribution in [1.29, 1.82) is 0 Å². The first-order chi connectivity index (χ1) is 10.3. The van der Waals surface area contributed by atoms with Gasteiger partial charge in [0.05, 0.1) is 10.4 Å². The molecule has 0 aliphatic carbocycles. The Morgan fingerprint density at radius 2 is 1.95 bits per heavy atom. The Labute approximate surface area is 139 Å². The fourth-order valence-corrected chi connectivity index (χ4v) is 6.06. The van der Waals surface area contributed by atoms with Crippen molar-refractivity contribution in [3.8, 4) is 0 Å². The number of aromatic nitrogens is 2. The minimum atomic E-state index is 0.288. The lowest BCUT2D eigenvalue weighted by Gasteiger charge is -2.36. The summed E-state index contributed by atoms with van der Waals surface area (Å²) in [6.07, 6.45) is 9.41. The third-order valence-electron chi connectivity index (χ3n) is 3.72. The molecule has 0 atom stereocenters. The Hall–Kier alpha value is -0.580. The van der Waals surface area contributed by atoms with Crippen molar-refractivity contribution in [1.82, 2.24) is 9.55 Å². The minimum Gasteiger partial charge on any atom is -0.337 e. The highest BCUT2D eigenvalue weighted by molar-refractivity contribution is 8.18. The van der Waals surface area contributed by atoms with Crippen molar-refractivity contribution in [2.24, 2.45) is 0 Å². The molecule has 0 N–H and O–H groups in total. The molecule has 1 aromatic heterocycles. The number of halogens is 1. The van der Waals surface area contributed by atoms with Crippen LogP contribution in [0, 0.1) is 0 Å². The molecule has 1 fully saturated rings. The monoisotopic (exact) mass is 338 g/mol. The quantitative estimate of drug-likeness (QED) is 0.784. The van der Waals surface area contributed by atoms with Gasteiger partial charge in [0.1, 0.15) is 0 Å². The number of aryl methyl sites for hydroxylation is 1. The number of thioether (sulfide) groups is 2. The fraction of sp³-hybridized carbons (Fsp3) is 0.438. The zero-order chi connectivity index (χ0) is 14.5. The van der Waals surface area contributed by atoms with Crippen molar-refractivity contribution in [2.45, 2.75) is 29.9 Å². The van der Waals surface area contributed by atoms with Crippen molar-refractivity contribution in [3.63, 3.8) is 0 Å². The number of hydrogen-bond acceptors (Lipinski definition) is 3. The first kappa shape index (κ1) is 15.3. The lowest BCUT2D eigenvalue weighted by Crippen LogP contribution is -2.29. The largest absolute Gasteiger partial charge is 0.337 e. The van der Waals surface area contributed by atoms with Crippen molar-refractivity contribution in [3.05, 3.63) is 53.6 Å². The Kier molecular flexibility index (Phi) is 5.19. The third kappa shape index (κ3) is 4.21. The first-order valence-electron chi connectivity index (χ1n) is 7.24. The third-order valence-corrected chi connectivity index (χ3v) is 7.41. The van der Waals surface area contributed by atoms with Crippen molar-refractivity contribution < 1.29 is 0 Å². The van der Waals surface area contributed by atoms with Gasteiger partial charge in [-0.2, -0.15) is 0 Å². The fourth-order valence-electron chi connectivity index (χ4n) is 2.58. The summed E-state index contributed by atoms with van der Waals surface area (Å²) in [5.74, 6) is 2.54. The van der Waals surface area contributed by atoms with E-state index in [1.165, 1.54) is 29.9 Å². The second kappa shape index (κ2) is 7.12. The predicted molar refractivity (Wildman–Crippen MR) is 94.3 cm³/mol. The Bertz CT molecular complexity index is 548. The molecule has 112 valence electrons. The molecule has 2 aromatic rings. The SMILES string of the molecule is Clc1ccc(CC2(CCn3ccnc3)SCCCS2)cc1. The minimum absolute atomic E-state index is 0.288. The van der Waals surface area contributed by atoms with Crippen LogP contribution in [0.15, 0.2) is 43.0 Å². The second-order valence-corrected chi connectivity index (χ2v) is 8.97. The van der Waals surface area contributed by atoms with Gasteiger partial charge in [-0.3, -0.25) is 0 Å². The van der Waals surface area contributed by atoms with Crippen LogP contribution >= 0.6 is 35.1 Å². The van der Waals surface area contributed by atoms with Crippen LogP contribution in [0.5, 0.6) is 0 Å². The Morgan fingerprint density at radius 3 is 2.62 bits per heavy atom. The maximum Gasteiger partial charge on any atom is 0.0945 e. The second-order valence-electron chi connectivity index (χ2n) is 5.31. The lowest BCUT2D eigenvalue weighted by molar-refractivity contribution is 0.592. The van der Waals surface area contributed by atoms with Crippen LogP contribution in [0.1, 0.15) is 18.4 Å². The van der Waals surface area contributed by atoms with Gasteiger partial charge in [0.15, 0.2) is 0 Å². The van der Waals surface area contributed by atoms with Crippen LogP contribution in [0.3, 0.4) is 0 Å². The van der Waals surface area contributed by atoms with Gasteiger partial charge in [0, 0.05) is 24.0 Å². The van der Waals surface area contributed by atoms with E-state index in [0.717, 1.165) is 18.0 Å². The Balaban J connectivity index is 1.71. The zero-order valence-electron chi connectivity index (χ0n) is 11.9. The van der Waals surface area contributed by atoms with E-state index in [9.17, 15) is 0 Å². The molecule has 0 amide bonds. The standard InChI is InChI=1S/C16H19ClN2S2/c17-15-4-2-14(3-5-15)12-16(20-10-1-11-21-16)6-8-19-9-7-18-13-19/h2-5,7,9,13H,1,6,8,10-12H2. The van der Waals surface area contributed by atoms with Gasteiger partial charge in [0.2, 0.25) is 0 Å². The maximum absolute atomic E-state index is 6.00. The molecule has 2 heterocycles. The van der Waals surface area contributed by atoms with Gasteiger partial charge < -0.3 is 4.57 Å². The van der Waals surface area contributed by atoms with Gasteiger partial charge in [-0.15, -0.1) is 23.5 Å².